The molecule has 1 saturated heterocycles. The van der Waals surface area contributed by atoms with Gasteiger partial charge < -0.3 is 15.8 Å². The minimum Gasteiger partial charge on any atom is -0.395 e. The number of aromatic nitrogens is 2. The van der Waals surface area contributed by atoms with Crippen LogP contribution >= 0.6 is 0 Å². The highest BCUT2D eigenvalue weighted by atomic mass is 16.5. The van der Waals surface area contributed by atoms with Gasteiger partial charge in [-0.15, -0.1) is 0 Å². The molecule has 0 aliphatic carbocycles. The van der Waals surface area contributed by atoms with E-state index >= 15 is 0 Å². The number of nitrogens with one attached hydrogen (secondary N) is 2. The second-order valence-electron chi connectivity index (χ2n) is 5.25. The largest absolute Gasteiger partial charge is 0.395 e. The van der Waals surface area contributed by atoms with Crippen LogP contribution in [0.15, 0.2) is 0 Å². The second-order valence-corrected chi connectivity index (χ2v) is 5.25. The minimum absolute atomic E-state index is 0.113. The summed E-state index contributed by atoms with van der Waals surface area (Å²) in [6.45, 7) is 5.30. The van der Waals surface area contributed by atoms with E-state index in [0.717, 1.165) is 31.6 Å². The summed E-state index contributed by atoms with van der Waals surface area (Å²) in [5.74, 6) is -0.0226. The van der Waals surface area contributed by atoms with Crippen LogP contribution < -0.4 is 11.1 Å². The van der Waals surface area contributed by atoms with Gasteiger partial charge in [-0.3, -0.25) is 9.89 Å². The number of nitrogen functional groups attached to an aromatic ring is 1. The summed E-state index contributed by atoms with van der Waals surface area (Å²) in [5.41, 5.74) is 7.45. The Bertz CT molecular complexity index is 436. The number of H-pyrrole nitrogens is 1. The van der Waals surface area contributed by atoms with Gasteiger partial charge in [-0.05, 0) is 25.2 Å². The lowest BCUT2D eigenvalue weighted by molar-refractivity contribution is 0.0168. The highest BCUT2D eigenvalue weighted by molar-refractivity contribution is 5.97. The molecule has 0 spiro atoms. The molecule has 1 aliphatic heterocycles. The molecular weight excluding hydrogens is 244 g/mol. The maximum atomic E-state index is 12.0. The molecule has 6 heteroatoms. The van der Waals surface area contributed by atoms with Gasteiger partial charge in [0, 0.05) is 13.2 Å². The molecule has 1 aromatic heterocycles. The zero-order valence-electron chi connectivity index (χ0n) is 11.5. The summed E-state index contributed by atoms with van der Waals surface area (Å²) in [5, 5.41) is 9.66. The average Bonchev–Trinajstić information content (AvgIpc) is 2.79. The number of carbonyl (C=O) groups excluding carboxylic acids is 1. The standard InChI is InChI=1S/C13H22N4O2/c1-8(2)11-10(14)12(17-16-11)13(18)15-7-9-5-3-4-6-19-9/h8-9H,3-7,14H2,1-2H3,(H,15,18)(H,16,17). The first-order valence-electron chi connectivity index (χ1n) is 6.83. The number of carbonyl (C=O) groups is 1. The zero-order chi connectivity index (χ0) is 13.8. The molecule has 106 valence electrons. The van der Waals surface area contributed by atoms with Crippen molar-refractivity contribution in [2.45, 2.75) is 45.1 Å². The third-order valence-corrected chi connectivity index (χ3v) is 3.39. The van der Waals surface area contributed by atoms with Gasteiger partial charge >= 0.3 is 0 Å². The number of amides is 1. The van der Waals surface area contributed by atoms with E-state index in [0.29, 0.717) is 12.2 Å². The van der Waals surface area contributed by atoms with E-state index in [1.807, 2.05) is 13.8 Å². The lowest BCUT2D eigenvalue weighted by Crippen LogP contribution is -2.35. The van der Waals surface area contributed by atoms with Crippen LogP contribution in [0, 0.1) is 0 Å². The smallest absolute Gasteiger partial charge is 0.274 e. The van der Waals surface area contributed by atoms with Crippen LogP contribution in [0.5, 0.6) is 0 Å². The maximum Gasteiger partial charge on any atom is 0.274 e. The molecule has 0 bridgehead atoms. The Morgan fingerprint density at radius 2 is 2.37 bits per heavy atom. The molecule has 1 aromatic rings. The van der Waals surface area contributed by atoms with Gasteiger partial charge in [0.05, 0.1) is 17.5 Å². The zero-order valence-corrected chi connectivity index (χ0v) is 11.5. The molecular formula is C13H22N4O2. The Morgan fingerprint density at radius 3 is 2.95 bits per heavy atom. The van der Waals surface area contributed by atoms with Gasteiger partial charge in [0.15, 0.2) is 5.69 Å². The van der Waals surface area contributed by atoms with Crippen LogP contribution in [0.3, 0.4) is 0 Å². The van der Waals surface area contributed by atoms with Crippen molar-refractivity contribution in [2.24, 2.45) is 0 Å². The maximum absolute atomic E-state index is 12.0. The number of hydrogen-bond acceptors (Lipinski definition) is 4. The Kier molecular flexibility index (Phi) is 4.42. The van der Waals surface area contributed by atoms with Crippen molar-refractivity contribution in [3.63, 3.8) is 0 Å². The fourth-order valence-corrected chi connectivity index (χ4v) is 2.24. The highest BCUT2D eigenvalue weighted by Crippen LogP contribution is 2.22. The first-order chi connectivity index (χ1) is 9.09. The summed E-state index contributed by atoms with van der Waals surface area (Å²) in [4.78, 5) is 12.0. The topological polar surface area (TPSA) is 93.0 Å². The number of nitrogens with zero attached hydrogens (tertiary/aromatic N) is 1. The number of anilines is 1. The van der Waals surface area contributed by atoms with E-state index in [1.54, 1.807) is 0 Å². The first-order valence-corrected chi connectivity index (χ1v) is 6.83. The van der Waals surface area contributed by atoms with Crippen LogP contribution in [-0.2, 0) is 4.74 Å². The Labute approximate surface area is 113 Å². The third kappa shape index (κ3) is 3.26. The summed E-state index contributed by atoms with van der Waals surface area (Å²) in [7, 11) is 0. The highest BCUT2D eigenvalue weighted by Gasteiger charge is 2.20. The van der Waals surface area contributed by atoms with Gasteiger partial charge in [0.2, 0.25) is 0 Å². The van der Waals surface area contributed by atoms with Crippen molar-refractivity contribution >= 4 is 11.6 Å². The average molecular weight is 266 g/mol. The van der Waals surface area contributed by atoms with Crippen LogP contribution in [0.25, 0.3) is 0 Å². The number of hydrogen-bond donors (Lipinski definition) is 3. The van der Waals surface area contributed by atoms with Crippen LogP contribution in [0.2, 0.25) is 0 Å². The first kappa shape index (κ1) is 13.9. The molecule has 6 nitrogen and oxygen atoms in total. The summed E-state index contributed by atoms with van der Waals surface area (Å²) in [6, 6.07) is 0. The van der Waals surface area contributed by atoms with Crippen molar-refractivity contribution in [2.75, 3.05) is 18.9 Å². The molecule has 2 heterocycles. The quantitative estimate of drug-likeness (QED) is 0.768. The van der Waals surface area contributed by atoms with Crippen LogP contribution in [-0.4, -0.2) is 35.4 Å². The van der Waals surface area contributed by atoms with E-state index in [2.05, 4.69) is 15.5 Å². The fourth-order valence-electron chi connectivity index (χ4n) is 2.24. The molecule has 19 heavy (non-hydrogen) atoms. The normalized spacial score (nSPS) is 19.6. The fraction of sp³-hybridized carbons (Fsp3) is 0.692. The van der Waals surface area contributed by atoms with Crippen molar-refractivity contribution in [1.29, 1.82) is 0 Å². The van der Waals surface area contributed by atoms with E-state index < -0.39 is 0 Å². The molecule has 0 radical (unpaired) electrons. The van der Waals surface area contributed by atoms with Crippen molar-refractivity contribution < 1.29 is 9.53 Å². The Hall–Kier alpha value is -1.56. The van der Waals surface area contributed by atoms with E-state index in [-0.39, 0.29) is 23.6 Å². The van der Waals surface area contributed by atoms with Gasteiger partial charge in [-0.25, -0.2) is 0 Å². The predicted octanol–water partition coefficient (Wildman–Crippen LogP) is 1.41. The lowest BCUT2D eigenvalue weighted by Gasteiger charge is -2.22. The van der Waals surface area contributed by atoms with Gasteiger partial charge in [-0.2, -0.15) is 5.10 Å². The van der Waals surface area contributed by atoms with Crippen LogP contribution in [0.4, 0.5) is 5.69 Å². The van der Waals surface area contributed by atoms with Gasteiger partial charge in [0.1, 0.15) is 0 Å². The van der Waals surface area contributed by atoms with Crippen molar-refractivity contribution in [3.8, 4) is 0 Å². The van der Waals surface area contributed by atoms with Crippen molar-refractivity contribution in [3.05, 3.63) is 11.4 Å². The summed E-state index contributed by atoms with van der Waals surface area (Å²) < 4.78 is 5.56. The summed E-state index contributed by atoms with van der Waals surface area (Å²) in [6.07, 6.45) is 3.37. The van der Waals surface area contributed by atoms with Crippen LogP contribution in [0.1, 0.15) is 55.2 Å². The molecule has 1 fully saturated rings. The molecule has 1 aliphatic rings. The molecule has 0 saturated carbocycles. The second kappa shape index (κ2) is 6.06. The Morgan fingerprint density at radius 1 is 1.58 bits per heavy atom. The van der Waals surface area contributed by atoms with Crippen molar-refractivity contribution in [1.82, 2.24) is 15.5 Å². The number of nitrogens with two attached hydrogens (primary N) is 1. The minimum atomic E-state index is -0.241. The SMILES string of the molecule is CC(C)c1[nH]nc(C(=O)NCC2CCCCO2)c1N. The lowest BCUT2D eigenvalue weighted by atomic mass is 10.1. The van der Waals surface area contributed by atoms with Gasteiger partial charge in [0.25, 0.3) is 5.91 Å². The van der Waals surface area contributed by atoms with E-state index in [4.69, 9.17) is 10.5 Å². The number of rotatable bonds is 4. The predicted molar refractivity (Wildman–Crippen MR) is 73.0 cm³/mol. The summed E-state index contributed by atoms with van der Waals surface area (Å²) >= 11 is 0. The third-order valence-electron chi connectivity index (χ3n) is 3.39. The molecule has 1 unspecified atom stereocenters. The molecule has 2 rings (SSSR count). The molecule has 4 N–H and O–H groups in total. The molecule has 0 aromatic carbocycles. The van der Waals surface area contributed by atoms with Gasteiger partial charge in [-0.1, -0.05) is 13.8 Å². The monoisotopic (exact) mass is 266 g/mol. The number of ether oxygens (including phenoxy) is 1. The Balaban J connectivity index is 1.92. The van der Waals surface area contributed by atoms with E-state index in [9.17, 15) is 4.79 Å². The van der Waals surface area contributed by atoms with E-state index in [1.165, 1.54) is 0 Å². The number of aromatic amines is 1. The molecule has 1 atom stereocenters. The molecule has 1 amide bonds.